The van der Waals surface area contributed by atoms with Crippen molar-refractivity contribution in [2.75, 3.05) is 11.9 Å². The summed E-state index contributed by atoms with van der Waals surface area (Å²) in [6.45, 7) is -0.663. The quantitative estimate of drug-likeness (QED) is 0.826. The molecule has 2 aromatic rings. The smallest absolute Gasteiger partial charge is 0.418 e. The largest absolute Gasteiger partial charge is 0.481 e. The summed E-state index contributed by atoms with van der Waals surface area (Å²) in [6, 6.07) is 8.47. The van der Waals surface area contributed by atoms with Gasteiger partial charge in [0.05, 0.1) is 16.3 Å². The first-order valence-electron chi connectivity index (χ1n) is 6.32. The predicted octanol–water partition coefficient (Wildman–Crippen LogP) is 4.52. The van der Waals surface area contributed by atoms with Crippen LogP contribution in [0.15, 0.2) is 42.5 Å². The Hall–Kier alpha value is -2.28. The minimum atomic E-state index is -4.68. The third kappa shape index (κ3) is 4.35. The molecule has 23 heavy (non-hydrogen) atoms. The van der Waals surface area contributed by atoms with Gasteiger partial charge in [-0.3, -0.25) is 4.79 Å². The van der Waals surface area contributed by atoms with Crippen LogP contribution in [0.5, 0.6) is 5.75 Å². The van der Waals surface area contributed by atoms with Gasteiger partial charge in [-0.05, 0) is 24.3 Å². The molecule has 0 aliphatic carbocycles. The van der Waals surface area contributed by atoms with Gasteiger partial charge in [-0.1, -0.05) is 29.8 Å². The van der Waals surface area contributed by atoms with E-state index in [0.29, 0.717) is 0 Å². The molecule has 0 aliphatic rings. The molecular formula is C15H10ClF4NO2. The number of nitrogens with one attached hydrogen (secondary N) is 1. The van der Waals surface area contributed by atoms with Gasteiger partial charge in [-0.25, -0.2) is 4.39 Å². The average Bonchev–Trinajstić information content (AvgIpc) is 2.47. The number of alkyl halides is 3. The Morgan fingerprint density at radius 3 is 2.48 bits per heavy atom. The highest BCUT2D eigenvalue weighted by molar-refractivity contribution is 6.34. The molecule has 0 bridgehead atoms. The van der Waals surface area contributed by atoms with Crippen LogP contribution < -0.4 is 10.1 Å². The highest BCUT2D eigenvalue weighted by Gasteiger charge is 2.34. The van der Waals surface area contributed by atoms with Crippen molar-refractivity contribution < 1.29 is 27.1 Å². The zero-order chi connectivity index (χ0) is 17.0. The average molecular weight is 348 g/mol. The van der Waals surface area contributed by atoms with Crippen LogP contribution in [-0.2, 0) is 11.0 Å². The van der Waals surface area contributed by atoms with Crippen molar-refractivity contribution in [3.05, 3.63) is 58.9 Å². The summed E-state index contributed by atoms with van der Waals surface area (Å²) in [5, 5.41) is 1.77. The molecule has 0 spiro atoms. The van der Waals surface area contributed by atoms with E-state index in [1.807, 2.05) is 5.32 Å². The number of carbonyl (C=O) groups excluding carboxylic acids is 1. The van der Waals surface area contributed by atoms with Gasteiger partial charge in [0, 0.05) is 0 Å². The van der Waals surface area contributed by atoms with E-state index in [9.17, 15) is 22.4 Å². The molecule has 0 saturated carbocycles. The van der Waals surface area contributed by atoms with E-state index in [4.69, 9.17) is 16.3 Å². The van der Waals surface area contributed by atoms with Gasteiger partial charge in [0.15, 0.2) is 18.2 Å². The second-order valence-corrected chi connectivity index (χ2v) is 4.83. The van der Waals surface area contributed by atoms with Crippen molar-refractivity contribution in [3.8, 4) is 5.75 Å². The molecule has 0 saturated heterocycles. The van der Waals surface area contributed by atoms with Crippen molar-refractivity contribution in [1.82, 2.24) is 0 Å². The van der Waals surface area contributed by atoms with E-state index in [-0.39, 0.29) is 10.8 Å². The first kappa shape index (κ1) is 17.1. The van der Waals surface area contributed by atoms with Gasteiger partial charge in [-0.15, -0.1) is 0 Å². The van der Waals surface area contributed by atoms with Gasteiger partial charge in [0.2, 0.25) is 0 Å². The van der Waals surface area contributed by atoms with Crippen LogP contribution >= 0.6 is 11.6 Å². The lowest BCUT2D eigenvalue weighted by Gasteiger charge is -2.15. The zero-order valence-corrected chi connectivity index (χ0v) is 12.2. The summed E-state index contributed by atoms with van der Waals surface area (Å²) >= 11 is 5.71. The molecule has 2 aromatic carbocycles. The summed E-state index contributed by atoms with van der Waals surface area (Å²) in [5.74, 6) is -1.77. The fourth-order valence-corrected chi connectivity index (χ4v) is 1.99. The minimum Gasteiger partial charge on any atom is -0.481 e. The number of amides is 1. The molecule has 0 radical (unpaired) electrons. The maximum Gasteiger partial charge on any atom is 0.418 e. The van der Waals surface area contributed by atoms with E-state index < -0.39 is 35.8 Å². The third-order valence-corrected chi connectivity index (χ3v) is 3.09. The molecular weight excluding hydrogens is 338 g/mol. The molecule has 1 N–H and O–H groups in total. The third-order valence-electron chi connectivity index (χ3n) is 2.78. The van der Waals surface area contributed by atoms with Crippen LogP contribution in [0.4, 0.5) is 23.2 Å². The first-order chi connectivity index (χ1) is 10.8. The van der Waals surface area contributed by atoms with Crippen molar-refractivity contribution in [2.24, 2.45) is 0 Å². The van der Waals surface area contributed by atoms with E-state index in [2.05, 4.69) is 0 Å². The number of para-hydroxylation sites is 2. The summed E-state index contributed by atoms with van der Waals surface area (Å²) in [7, 11) is 0. The molecule has 0 fully saturated rings. The number of halogens is 5. The lowest BCUT2D eigenvalue weighted by molar-refractivity contribution is -0.137. The Morgan fingerprint density at radius 1 is 1.13 bits per heavy atom. The Bertz CT molecular complexity index is 719. The standard InChI is InChI=1S/C15H10ClF4NO2/c16-10-5-3-4-9(15(18,19)20)14(10)21-13(22)8-23-12-7-2-1-6-11(12)17/h1-7H,8H2,(H,21,22). The molecule has 8 heteroatoms. The lowest BCUT2D eigenvalue weighted by Crippen LogP contribution is -2.22. The van der Waals surface area contributed by atoms with E-state index >= 15 is 0 Å². The molecule has 0 aromatic heterocycles. The molecule has 0 aliphatic heterocycles. The second-order valence-electron chi connectivity index (χ2n) is 4.43. The second kappa shape index (κ2) is 6.87. The maximum atomic E-state index is 13.3. The molecule has 0 heterocycles. The number of hydrogen-bond acceptors (Lipinski definition) is 2. The monoisotopic (exact) mass is 347 g/mol. The van der Waals surface area contributed by atoms with Gasteiger partial charge in [0.25, 0.3) is 5.91 Å². The Morgan fingerprint density at radius 2 is 1.83 bits per heavy atom. The molecule has 0 unspecified atom stereocenters. The zero-order valence-electron chi connectivity index (χ0n) is 11.5. The lowest BCUT2D eigenvalue weighted by atomic mass is 10.1. The van der Waals surface area contributed by atoms with Crippen molar-refractivity contribution in [3.63, 3.8) is 0 Å². The number of benzene rings is 2. The summed E-state index contributed by atoms with van der Waals surface area (Å²) in [4.78, 5) is 11.7. The van der Waals surface area contributed by atoms with Gasteiger partial charge < -0.3 is 10.1 Å². The number of anilines is 1. The Labute approximate surface area is 133 Å². The number of ether oxygens (including phenoxy) is 1. The van der Waals surface area contributed by atoms with E-state index in [1.54, 1.807) is 0 Å². The van der Waals surface area contributed by atoms with Crippen molar-refractivity contribution >= 4 is 23.2 Å². The molecule has 0 atom stereocenters. The summed E-state index contributed by atoms with van der Waals surface area (Å²) in [6.07, 6.45) is -4.68. The van der Waals surface area contributed by atoms with Crippen LogP contribution in [0.3, 0.4) is 0 Å². The Balaban J connectivity index is 2.11. The molecule has 1 amide bonds. The minimum absolute atomic E-state index is 0.183. The summed E-state index contributed by atoms with van der Waals surface area (Å²) < 4.78 is 56.9. The van der Waals surface area contributed by atoms with Crippen LogP contribution in [0.1, 0.15) is 5.56 Å². The number of rotatable bonds is 4. The SMILES string of the molecule is O=C(COc1ccccc1F)Nc1c(Cl)cccc1C(F)(F)F. The molecule has 3 nitrogen and oxygen atoms in total. The van der Waals surface area contributed by atoms with Crippen molar-refractivity contribution in [1.29, 1.82) is 0 Å². The summed E-state index contributed by atoms with van der Waals surface area (Å²) in [5.41, 5.74) is -1.65. The normalized spacial score (nSPS) is 11.2. The van der Waals surface area contributed by atoms with Crippen LogP contribution in [0.2, 0.25) is 5.02 Å². The van der Waals surface area contributed by atoms with Crippen molar-refractivity contribution in [2.45, 2.75) is 6.18 Å². The fourth-order valence-electron chi connectivity index (χ4n) is 1.77. The fraction of sp³-hybridized carbons (Fsp3) is 0.133. The van der Waals surface area contributed by atoms with Crippen LogP contribution in [0, 0.1) is 5.82 Å². The number of carbonyl (C=O) groups is 1. The van der Waals surface area contributed by atoms with Gasteiger partial charge >= 0.3 is 6.18 Å². The highest BCUT2D eigenvalue weighted by Crippen LogP contribution is 2.38. The highest BCUT2D eigenvalue weighted by atomic mass is 35.5. The van der Waals surface area contributed by atoms with E-state index in [1.165, 1.54) is 24.3 Å². The van der Waals surface area contributed by atoms with E-state index in [0.717, 1.165) is 18.2 Å². The van der Waals surface area contributed by atoms with Crippen LogP contribution in [0.25, 0.3) is 0 Å². The molecule has 2 rings (SSSR count). The van der Waals surface area contributed by atoms with Crippen LogP contribution in [-0.4, -0.2) is 12.5 Å². The maximum absolute atomic E-state index is 13.3. The predicted molar refractivity (Wildman–Crippen MR) is 77.0 cm³/mol. The van der Waals surface area contributed by atoms with Gasteiger partial charge in [-0.2, -0.15) is 13.2 Å². The number of hydrogen-bond donors (Lipinski definition) is 1. The first-order valence-corrected chi connectivity index (χ1v) is 6.69. The van der Waals surface area contributed by atoms with Gasteiger partial charge in [0.1, 0.15) is 0 Å². The topological polar surface area (TPSA) is 38.3 Å². The Kier molecular flexibility index (Phi) is 5.10. The molecule has 122 valence electrons.